The maximum atomic E-state index is 10.0. The van der Waals surface area contributed by atoms with Crippen LogP contribution in [0.3, 0.4) is 0 Å². The molecule has 1 fully saturated rings. The molecule has 0 saturated heterocycles. The molecule has 0 bridgehead atoms. The Morgan fingerprint density at radius 3 is 2.62 bits per heavy atom. The van der Waals surface area contributed by atoms with E-state index in [9.17, 15) is 8.42 Å². The van der Waals surface area contributed by atoms with Gasteiger partial charge in [0, 0.05) is 6.04 Å². The zero-order valence-electron chi connectivity index (χ0n) is 7.70. The van der Waals surface area contributed by atoms with Crippen LogP contribution in [0.15, 0.2) is 0 Å². The van der Waals surface area contributed by atoms with Crippen LogP contribution < -0.4 is 5.32 Å². The Bertz CT molecular complexity index is 192. The molecule has 0 amide bonds. The van der Waals surface area contributed by atoms with Crippen LogP contribution in [-0.2, 0) is 15.2 Å². The molecule has 0 aromatic heterocycles. The summed E-state index contributed by atoms with van der Waals surface area (Å²) in [5, 5.41) is 3.38. The topological polar surface area (TPSA) is 55.4 Å². The minimum atomic E-state index is -2.66. The summed E-state index contributed by atoms with van der Waals surface area (Å²) < 4.78 is 24.4. The molecule has 0 radical (unpaired) electrons. The van der Waals surface area contributed by atoms with Gasteiger partial charge in [-0.1, -0.05) is 12.8 Å². The molecule has 1 N–H and O–H groups in total. The van der Waals surface area contributed by atoms with E-state index in [0.29, 0.717) is 12.6 Å². The van der Waals surface area contributed by atoms with E-state index in [4.69, 9.17) is 0 Å². The molecule has 78 valence electrons. The van der Waals surface area contributed by atoms with Gasteiger partial charge in [-0.05, 0) is 25.8 Å². The molecule has 0 atom stereocenters. The Morgan fingerprint density at radius 2 is 2.00 bits per heavy atom. The fourth-order valence-electron chi connectivity index (χ4n) is 1.65. The second kappa shape index (κ2) is 6.34. The summed E-state index contributed by atoms with van der Waals surface area (Å²) in [5.41, 5.74) is 0. The van der Waals surface area contributed by atoms with Gasteiger partial charge in [-0.3, -0.25) is 4.18 Å². The summed E-state index contributed by atoms with van der Waals surface area (Å²) in [4.78, 5) is 0. The van der Waals surface area contributed by atoms with Gasteiger partial charge in [-0.25, -0.2) is 8.42 Å². The van der Waals surface area contributed by atoms with Crippen LogP contribution in [0.5, 0.6) is 0 Å². The van der Waals surface area contributed by atoms with Gasteiger partial charge in [0.1, 0.15) is 0 Å². The fraction of sp³-hybridized carbons (Fsp3) is 1.00. The van der Waals surface area contributed by atoms with E-state index >= 15 is 0 Å². The first kappa shape index (κ1) is 10.9. The molecule has 5 heteroatoms. The summed E-state index contributed by atoms with van der Waals surface area (Å²) in [6.45, 7) is 1.16. The molecule has 1 rings (SSSR count). The molecule has 0 unspecified atom stereocenters. The van der Waals surface area contributed by atoms with Gasteiger partial charge in [0.2, 0.25) is 0 Å². The van der Waals surface area contributed by atoms with Crippen LogP contribution in [0.2, 0.25) is 0 Å². The summed E-state index contributed by atoms with van der Waals surface area (Å²) >= 11 is 0. The average molecular weight is 207 g/mol. The molecule has 0 spiro atoms. The average Bonchev–Trinajstić information content (AvgIpc) is 2.55. The quantitative estimate of drug-likeness (QED) is 0.490. The highest BCUT2D eigenvalue weighted by molar-refractivity contribution is 7.67. The summed E-state index contributed by atoms with van der Waals surface area (Å²) in [6, 6.07) is 0.654. The Labute approximate surface area is 80.8 Å². The summed E-state index contributed by atoms with van der Waals surface area (Å²) in [6.07, 6.45) is 5.92. The van der Waals surface area contributed by atoms with Gasteiger partial charge in [0.25, 0.3) is 11.0 Å². The van der Waals surface area contributed by atoms with Crippen LogP contribution in [0.1, 0.15) is 32.1 Å². The van der Waals surface area contributed by atoms with Crippen molar-refractivity contribution in [2.45, 2.75) is 38.1 Å². The Kier molecular flexibility index (Phi) is 5.34. The third kappa shape index (κ3) is 5.23. The molecule has 0 aliphatic heterocycles. The van der Waals surface area contributed by atoms with Crippen LogP contribution in [0.25, 0.3) is 0 Å². The molecule has 0 aromatic carbocycles. The van der Waals surface area contributed by atoms with Crippen molar-refractivity contribution in [2.24, 2.45) is 0 Å². The van der Waals surface area contributed by atoms with Crippen molar-refractivity contribution < 1.29 is 12.6 Å². The van der Waals surface area contributed by atoms with Crippen LogP contribution >= 0.6 is 0 Å². The van der Waals surface area contributed by atoms with Crippen molar-refractivity contribution in [2.75, 3.05) is 13.2 Å². The molecule has 1 aliphatic carbocycles. The number of hydrogen-bond donors (Lipinski definition) is 2. The number of hydrogen-bond acceptors (Lipinski definition) is 4. The van der Waals surface area contributed by atoms with E-state index in [1.807, 2.05) is 0 Å². The van der Waals surface area contributed by atoms with E-state index in [1.165, 1.54) is 25.7 Å². The Morgan fingerprint density at radius 1 is 1.31 bits per heavy atom. The van der Waals surface area contributed by atoms with E-state index < -0.39 is 11.0 Å². The lowest BCUT2D eigenvalue weighted by Crippen LogP contribution is -2.27. The molecule has 1 saturated carbocycles. The molecular weight excluding hydrogens is 190 g/mol. The van der Waals surface area contributed by atoms with Crippen molar-refractivity contribution in [3.05, 3.63) is 0 Å². The van der Waals surface area contributed by atoms with Crippen LogP contribution in [-0.4, -0.2) is 27.6 Å². The third-order valence-corrected chi connectivity index (χ3v) is 2.70. The molecular formula is C8H17NO3S. The predicted molar refractivity (Wildman–Crippen MR) is 51.1 cm³/mol. The highest BCUT2D eigenvalue weighted by Crippen LogP contribution is 2.17. The number of thiol groups is 1. The molecule has 4 nitrogen and oxygen atoms in total. The summed E-state index contributed by atoms with van der Waals surface area (Å²) in [5.74, 6) is 0. The van der Waals surface area contributed by atoms with Crippen LogP contribution in [0, 0.1) is 0 Å². The third-order valence-electron chi connectivity index (χ3n) is 2.31. The first-order valence-corrected chi connectivity index (χ1v) is 5.89. The lowest BCUT2D eigenvalue weighted by atomic mass is 10.2. The van der Waals surface area contributed by atoms with Gasteiger partial charge in [0.05, 0.1) is 6.61 Å². The van der Waals surface area contributed by atoms with Gasteiger partial charge in [-0.15, -0.1) is 0 Å². The second-order valence-electron chi connectivity index (χ2n) is 3.35. The van der Waals surface area contributed by atoms with E-state index in [-0.39, 0.29) is 0 Å². The lowest BCUT2D eigenvalue weighted by Gasteiger charge is -2.10. The van der Waals surface area contributed by atoms with E-state index in [2.05, 4.69) is 9.50 Å². The minimum absolute atomic E-state index is 0.304. The summed E-state index contributed by atoms with van der Waals surface area (Å²) in [7, 11) is -2.66. The maximum absolute atomic E-state index is 10.0. The molecule has 1 aliphatic rings. The Hall–Kier alpha value is -0.130. The molecule has 0 heterocycles. The standard InChI is InChI=1S/C8H17NO3S/c10-13(11)12-7-3-6-9-8-4-1-2-5-8/h8-9,13H,1-7H2. The second-order valence-corrected chi connectivity index (χ2v) is 4.05. The fourth-order valence-corrected chi connectivity index (χ4v) is 1.93. The highest BCUT2D eigenvalue weighted by Gasteiger charge is 2.12. The van der Waals surface area contributed by atoms with Crippen molar-refractivity contribution in [3.63, 3.8) is 0 Å². The monoisotopic (exact) mass is 207 g/mol. The molecule has 13 heavy (non-hydrogen) atoms. The molecule has 0 aromatic rings. The smallest absolute Gasteiger partial charge is 0.257 e. The van der Waals surface area contributed by atoms with Crippen molar-refractivity contribution in [1.82, 2.24) is 5.32 Å². The number of rotatable bonds is 6. The minimum Gasteiger partial charge on any atom is -0.314 e. The zero-order chi connectivity index (χ0) is 9.52. The lowest BCUT2D eigenvalue weighted by molar-refractivity contribution is 0.320. The van der Waals surface area contributed by atoms with Gasteiger partial charge >= 0.3 is 0 Å². The number of nitrogens with one attached hydrogen (secondary N) is 1. The van der Waals surface area contributed by atoms with Crippen molar-refractivity contribution >= 4 is 11.0 Å². The van der Waals surface area contributed by atoms with Crippen molar-refractivity contribution in [3.8, 4) is 0 Å². The first-order valence-electron chi connectivity index (χ1n) is 4.80. The van der Waals surface area contributed by atoms with Gasteiger partial charge in [0.15, 0.2) is 0 Å². The highest BCUT2D eigenvalue weighted by atomic mass is 32.2. The SMILES string of the molecule is O=[SH](=O)OCCCNC1CCCC1. The normalized spacial score (nSPS) is 18.5. The predicted octanol–water partition coefficient (Wildman–Crippen LogP) is 0.452. The van der Waals surface area contributed by atoms with E-state index in [1.54, 1.807) is 0 Å². The first-order chi connectivity index (χ1) is 6.29. The van der Waals surface area contributed by atoms with E-state index in [0.717, 1.165) is 13.0 Å². The maximum Gasteiger partial charge on any atom is 0.257 e. The van der Waals surface area contributed by atoms with Gasteiger partial charge < -0.3 is 5.32 Å². The Balaban J connectivity index is 1.88. The zero-order valence-corrected chi connectivity index (χ0v) is 8.59. The van der Waals surface area contributed by atoms with Crippen LogP contribution in [0.4, 0.5) is 0 Å². The largest absolute Gasteiger partial charge is 0.314 e. The van der Waals surface area contributed by atoms with Crippen molar-refractivity contribution in [1.29, 1.82) is 0 Å². The van der Waals surface area contributed by atoms with Gasteiger partial charge in [-0.2, -0.15) is 0 Å².